The molecule has 0 saturated carbocycles. The zero-order valence-corrected chi connectivity index (χ0v) is 15.8. The van der Waals surface area contributed by atoms with Crippen LogP contribution in [0.25, 0.3) is 0 Å². The minimum absolute atomic E-state index is 0.0196. The number of hydrogen-bond donors (Lipinski definition) is 0. The normalized spacial score (nSPS) is 14.1. The summed E-state index contributed by atoms with van der Waals surface area (Å²) in [5.74, 6) is -0.221. The first-order chi connectivity index (χ1) is 12.8. The van der Waals surface area contributed by atoms with Gasteiger partial charge in [-0.2, -0.15) is 5.10 Å². The molecule has 1 aliphatic rings. The highest BCUT2D eigenvalue weighted by molar-refractivity contribution is 6.01. The molecule has 0 aromatic rings. The van der Waals surface area contributed by atoms with Gasteiger partial charge >= 0.3 is 0 Å². The van der Waals surface area contributed by atoms with Crippen LogP contribution in [0.5, 0.6) is 0 Å². The number of carbonyl (C=O) groups is 3. The lowest BCUT2D eigenvalue weighted by molar-refractivity contribution is -0.130. The van der Waals surface area contributed by atoms with Crippen molar-refractivity contribution >= 4 is 36.4 Å². The van der Waals surface area contributed by atoms with Crippen LogP contribution in [0.1, 0.15) is 26.2 Å². The molecule has 144 valence electrons. The lowest BCUT2D eigenvalue weighted by Crippen LogP contribution is -2.31. The summed E-state index contributed by atoms with van der Waals surface area (Å²) in [7, 11) is 1.64. The Balaban J connectivity index is 2.40. The van der Waals surface area contributed by atoms with E-state index in [1.165, 1.54) is 22.1 Å². The van der Waals surface area contributed by atoms with Crippen molar-refractivity contribution in [2.75, 3.05) is 20.1 Å². The van der Waals surface area contributed by atoms with Crippen LogP contribution in [0.4, 0.5) is 0 Å². The Bertz CT molecular complexity index is 716. The summed E-state index contributed by atoms with van der Waals surface area (Å²) in [4.78, 5) is 42.3. The number of hydrogen-bond acceptors (Lipinski definition) is 5. The molecule has 0 atom stereocenters. The molecule has 0 spiro atoms. The van der Waals surface area contributed by atoms with Crippen molar-refractivity contribution in [1.29, 1.82) is 0 Å². The SMILES string of the molecule is C=N/C(=N\N=C/C)C(=C)CN(C)C(=O)CCCC(=O)CN1C(=C)C=CC1=O. The molecule has 0 unspecified atom stereocenters. The molecule has 27 heavy (non-hydrogen) atoms. The van der Waals surface area contributed by atoms with Gasteiger partial charge in [0.1, 0.15) is 0 Å². The van der Waals surface area contributed by atoms with Gasteiger partial charge < -0.3 is 9.80 Å². The van der Waals surface area contributed by atoms with E-state index in [-0.39, 0.29) is 49.4 Å². The maximum absolute atomic E-state index is 12.2. The van der Waals surface area contributed by atoms with Crippen LogP contribution in [0.15, 0.2) is 51.8 Å². The second kappa shape index (κ2) is 10.7. The average Bonchev–Trinajstić information content (AvgIpc) is 2.94. The lowest BCUT2D eigenvalue weighted by atomic mass is 10.1. The molecule has 0 radical (unpaired) electrons. The molecule has 1 aliphatic heterocycles. The molecule has 1 rings (SSSR count). The average molecular weight is 371 g/mol. The van der Waals surface area contributed by atoms with Crippen LogP contribution >= 0.6 is 0 Å². The predicted octanol–water partition coefficient (Wildman–Crippen LogP) is 1.76. The number of likely N-dealkylation sites (N-methyl/N-ethyl adjacent to an activating group) is 1. The van der Waals surface area contributed by atoms with Gasteiger partial charge in [0.2, 0.25) is 5.91 Å². The molecule has 0 N–H and O–H groups in total. The molecule has 0 bridgehead atoms. The second-order valence-electron chi connectivity index (χ2n) is 5.95. The second-order valence-corrected chi connectivity index (χ2v) is 5.95. The van der Waals surface area contributed by atoms with Crippen molar-refractivity contribution in [3.63, 3.8) is 0 Å². The van der Waals surface area contributed by atoms with Gasteiger partial charge in [0.25, 0.3) is 5.91 Å². The van der Waals surface area contributed by atoms with Gasteiger partial charge in [-0.15, -0.1) is 5.10 Å². The monoisotopic (exact) mass is 371 g/mol. The zero-order valence-electron chi connectivity index (χ0n) is 15.8. The molecule has 1 heterocycles. The molecule has 0 aromatic heterocycles. The molecule has 8 nitrogen and oxygen atoms in total. The molecule has 2 amide bonds. The van der Waals surface area contributed by atoms with Crippen molar-refractivity contribution in [3.05, 3.63) is 36.6 Å². The number of allylic oxidation sites excluding steroid dienone is 1. The van der Waals surface area contributed by atoms with E-state index in [4.69, 9.17) is 0 Å². The van der Waals surface area contributed by atoms with Crippen molar-refractivity contribution in [1.82, 2.24) is 9.80 Å². The quantitative estimate of drug-likeness (QED) is 0.333. The molecule has 0 aliphatic carbocycles. The van der Waals surface area contributed by atoms with Crippen LogP contribution in [0, 0.1) is 0 Å². The molecular formula is C19H25N5O3. The van der Waals surface area contributed by atoms with E-state index in [0.717, 1.165) is 0 Å². The molecule has 0 saturated heterocycles. The highest BCUT2D eigenvalue weighted by atomic mass is 16.2. The number of amidine groups is 1. The van der Waals surface area contributed by atoms with E-state index in [1.807, 2.05) is 0 Å². The van der Waals surface area contributed by atoms with E-state index in [2.05, 4.69) is 35.1 Å². The van der Waals surface area contributed by atoms with Crippen molar-refractivity contribution in [3.8, 4) is 0 Å². The third-order valence-electron chi connectivity index (χ3n) is 3.80. The largest absolute Gasteiger partial charge is 0.341 e. The van der Waals surface area contributed by atoms with Crippen LogP contribution in [0.2, 0.25) is 0 Å². The highest BCUT2D eigenvalue weighted by Crippen LogP contribution is 2.13. The third kappa shape index (κ3) is 6.93. The van der Waals surface area contributed by atoms with Gasteiger partial charge in [-0.25, -0.2) is 4.99 Å². The summed E-state index contributed by atoms with van der Waals surface area (Å²) < 4.78 is 0. The zero-order chi connectivity index (χ0) is 20.4. The number of amides is 2. The highest BCUT2D eigenvalue weighted by Gasteiger charge is 2.21. The van der Waals surface area contributed by atoms with E-state index >= 15 is 0 Å². The fraction of sp³-hybridized carbons (Fsp3) is 0.368. The van der Waals surface area contributed by atoms with E-state index in [0.29, 0.717) is 17.7 Å². The number of nitrogens with zero attached hydrogens (tertiary/aromatic N) is 5. The first-order valence-electron chi connectivity index (χ1n) is 8.44. The number of rotatable bonds is 10. The summed E-state index contributed by atoms with van der Waals surface area (Å²) in [6.45, 7) is 12.9. The van der Waals surface area contributed by atoms with E-state index < -0.39 is 0 Å². The fourth-order valence-electron chi connectivity index (χ4n) is 2.32. The van der Waals surface area contributed by atoms with Crippen LogP contribution in [-0.2, 0) is 14.4 Å². The minimum atomic E-state index is -0.247. The van der Waals surface area contributed by atoms with Crippen molar-refractivity contribution < 1.29 is 14.4 Å². The number of aliphatic imine (C=N–C) groups is 1. The lowest BCUT2D eigenvalue weighted by Gasteiger charge is -2.18. The van der Waals surface area contributed by atoms with Gasteiger partial charge in [-0.3, -0.25) is 14.4 Å². The van der Waals surface area contributed by atoms with Crippen molar-refractivity contribution in [2.45, 2.75) is 26.2 Å². The number of Topliss-reactive ketones (excluding diaryl/α,β-unsaturated/α-hetero) is 1. The Hall–Kier alpha value is -3.16. The van der Waals surface area contributed by atoms with Gasteiger partial charge in [-0.1, -0.05) is 13.2 Å². The minimum Gasteiger partial charge on any atom is -0.341 e. The number of ketones is 1. The molecular weight excluding hydrogens is 346 g/mol. The van der Waals surface area contributed by atoms with E-state index in [9.17, 15) is 14.4 Å². The summed E-state index contributed by atoms with van der Waals surface area (Å²) in [5, 5.41) is 7.58. The van der Waals surface area contributed by atoms with Gasteiger partial charge in [0.05, 0.1) is 6.54 Å². The number of carbonyl (C=O) groups excluding carboxylic acids is 3. The molecule has 8 heteroatoms. The van der Waals surface area contributed by atoms with Crippen LogP contribution < -0.4 is 0 Å². The van der Waals surface area contributed by atoms with Gasteiger partial charge in [0, 0.05) is 50.0 Å². The maximum atomic E-state index is 12.2. The topological polar surface area (TPSA) is 94.8 Å². The Morgan fingerprint density at radius 2 is 2.00 bits per heavy atom. The molecule has 0 aromatic carbocycles. The predicted molar refractivity (Wildman–Crippen MR) is 107 cm³/mol. The first kappa shape index (κ1) is 21.9. The Morgan fingerprint density at radius 1 is 1.30 bits per heavy atom. The van der Waals surface area contributed by atoms with E-state index in [1.54, 1.807) is 20.0 Å². The third-order valence-corrected chi connectivity index (χ3v) is 3.80. The first-order valence-corrected chi connectivity index (χ1v) is 8.44. The standard InChI is InChI=1S/C19H25N5O3/c1-6-21-22-19(20-4)14(2)12-23(5)17(26)9-7-8-16(25)13-24-15(3)10-11-18(24)27/h6,10-11H,2-4,7-9,12-13H2,1,5H3/b21-6-,22-19-. The summed E-state index contributed by atoms with van der Waals surface area (Å²) in [5.41, 5.74) is 1.02. The Kier molecular flexibility index (Phi) is 8.71. The summed E-state index contributed by atoms with van der Waals surface area (Å²) in [6.07, 6.45) is 5.28. The van der Waals surface area contributed by atoms with Crippen molar-refractivity contribution in [2.24, 2.45) is 15.2 Å². The fourth-order valence-corrected chi connectivity index (χ4v) is 2.32. The van der Waals surface area contributed by atoms with Gasteiger partial charge in [-0.05, 0) is 26.1 Å². The Labute approximate surface area is 159 Å². The molecule has 0 fully saturated rings. The van der Waals surface area contributed by atoms with Crippen LogP contribution in [0.3, 0.4) is 0 Å². The van der Waals surface area contributed by atoms with Gasteiger partial charge in [0.15, 0.2) is 11.6 Å². The summed E-state index contributed by atoms with van der Waals surface area (Å²) >= 11 is 0. The smallest absolute Gasteiger partial charge is 0.251 e. The van der Waals surface area contributed by atoms with Crippen LogP contribution in [-0.4, -0.2) is 66.3 Å². The maximum Gasteiger partial charge on any atom is 0.251 e. The Morgan fingerprint density at radius 3 is 2.56 bits per heavy atom. The summed E-state index contributed by atoms with van der Waals surface area (Å²) in [6, 6.07) is 0.